The summed E-state index contributed by atoms with van der Waals surface area (Å²) in [5.41, 5.74) is 0.685. The molecule has 3 rings (SSSR count). The number of aromatic nitrogens is 1. The molecule has 2 fully saturated rings. The number of carbonyl (C=O) groups excluding carboxylic acids is 1. The fourth-order valence-corrected chi connectivity index (χ4v) is 4.04. The number of hydrogen-bond acceptors (Lipinski definition) is 4. The minimum absolute atomic E-state index is 0.0920. The van der Waals surface area contributed by atoms with Crippen molar-refractivity contribution < 1.29 is 9.53 Å². The van der Waals surface area contributed by atoms with E-state index in [0.717, 1.165) is 38.4 Å². The van der Waals surface area contributed by atoms with Crippen LogP contribution in [0.1, 0.15) is 61.7 Å². The number of ether oxygens (including phenoxy) is 1. The van der Waals surface area contributed by atoms with Gasteiger partial charge in [0.2, 0.25) is 0 Å². The van der Waals surface area contributed by atoms with E-state index in [9.17, 15) is 4.79 Å². The van der Waals surface area contributed by atoms with Gasteiger partial charge in [-0.05, 0) is 43.7 Å². The molecule has 2 aliphatic rings. The molecule has 1 aliphatic carbocycles. The Bertz CT molecular complexity index is 536. The third-order valence-corrected chi connectivity index (χ3v) is 5.43. The van der Waals surface area contributed by atoms with Gasteiger partial charge in [0.1, 0.15) is 5.82 Å². The first-order valence-corrected chi connectivity index (χ1v) is 9.77. The summed E-state index contributed by atoms with van der Waals surface area (Å²) in [6.45, 7) is 2.35. The van der Waals surface area contributed by atoms with Gasteiger partial charge in [-0.3, -0.25) is 4.79 Å². The van der Waals surface area contributed by atoms with E-state index in [0.29, 0.717) is 17.5 Å². The second kappa shape index (κ2) is 9.18. The maximum Gasteiger partial charge on any atom is 0.255 e. The molecule has 1 N–H and O–H groups in total. The van der Waals surface area contributed by atoms with Gasteiger partial charge >= 0.3 is 0 Å². The van der Waals surface area contributed by atoms with Crippen LogP contribution in [0.25, 0.3) is 0 Å². The van der Waals surface area contributed by atoms with Gasteiger partial charge in [-0.15, -0.1) is 0 Å². The van der Waals surface area contributed by atoms with Gasteiger partial charge in [0.15, 0.2) is 0 Å². The lowest BCUT2D eigenvalue weighted by Gasteiger charge is -2.32. The highest BCUT2D eigenvalue weighted by atomic mass is 16.5. The molecular weight excluding hydrogens is 314 g/mol. The molecule has 1 saturated carbocycles. The molecule has 2 heterocycles. The number of likely N-dealkylation sites (tertiary alicyclic amines) is 1. The number of anilines is 1. The number of pyridine rings is 1. The van der Waals surface area contributed by atoms with Crippen LogP contribution in [0, 0.1) is 5.92 Å². The molecule has 1 aliphatic heterocycles. The first-order valence-electron chi connectivity index (χ1n) is 9.77. The standard InChI is InChI=1S/C20H31N3O2/c1-25-15-16-7-6-12-23(14-16)20(24)17-10-11-19(21-13-17)22-18-8-4-2-3-5-9-18/h10-11,13,16,18H,2-9,12,14-15H2,1H3,(H,21,22). The Morgan fingerprint density at radius 3 is 2.68 bits per heavy atom. The van der Waals surface area contributed by atoms with Gasteiger partial charge in [0, 0.05) is 32.4 Å². The monoisotopic (exact) mass is 345 g/mol. The molecule has 1 aromatic heterocycles. The van der Waals surface area contributed by atoms with E-state index in [-0.39, 0.29) is 5.91 Å². The maximum absolute atomic E-state index is 12.7. The summed E-state index contributed by atoms with van der Waals surface area (Å²) in [6.07, 6.45) is 11.6. The zero-order chi connectivity index (χ0) is 17.5. The van der Waals surface area contributed by atoms with Crippen LogP contribution in [-0.2, 0) is 4.74 Å². The zero-order valence-electron chi connectivity index (χ0n) is 15.4. The van der Waals surface area contributed by atoms with Crippen LogP contribution in [0.15, 0.2) is 18.3 Å². The van der Waals surface area contributed by atoms with Crippen molar-refractivity contribution in [1.82, 2.24) is 9.88 Å². The summed E-state index contributed by atoms with van der Waals surface area (Å²) in [5, 5.41) is 3.54. The Morgan fingerprint density at radius 1 is 1.20 bits per heavy atom. The highest BCUT2D eigenvalue weighted by Crippen LogP contribution is 2.21. The molecule has 5 heteroatoms. The van der Waals surface area contributed by atoms with Gasteiger partial charge in [-0.1, -0.05) is 25.7 Å². The predicted octanol–water partition coefficient (Wildman–Crippen LogP) is 3.71. The minimum Gasteiger partial charge on any atom is -0.384 e. The number of piperidine rings is 1. The van der Waals surface area contributed by atoms with E-state index < -0.39 is 0 Å². The number of hydrogen-bond donors (Lipinski definition) is 1. The van der Waals surface area contributed by atoms with Gasteiger partial charge in [-0.2, -0.15) is 0 Å². The second-order valence-electron chi connectivity index (χ2n) is 7.48. The Labute approximate surface area is 151 Å². The Hall–Kier alpha value is -1.62. The molecule has 1 amide bonds. The number of nitrogens with zero attached hydrogens (tertiary/aromatic N) is 2. The largest absolute Gasteiger partial charge is 0.384 e. The lowest BCUT2D eigenvalue weighted by Crippen LogP contribution is -2.41. The summed E-state index contributed by atoms with van der Waals surface area (Å²) in [5.74, 6) is 1.43. The quantitative estimate of drug-likeness (QED) is 0.827. The Balaban J connectivity index is 1.56. The normalized spacial score (nSPS) is 22.4. The van der Waals surface area contributed by atoms with Crippen LogP contribution in [0.4, 0.5) is 5.82 Å². The highest BCUT2D eigenvalue weighted by molar-refractivity contribution is 5.94. The van der Waals surface area contributed by atoms with E-state index in [1.54, 1.807) is 13.3 Å². The van der Waals surface area contributed by atoms with E-state index in [2.05, 4.69) is 10.3 Å². The van der Waals surface area contributed by atoms with Crippen LogP contribution in [0.2, 0.25) is 0 Å². The number of nitrogens with one attached hydrogen (secondary N) is 1. The molecule has 138 valence electrons. The lowest BCUT2D eigenvalue weighted by molar-refractivity contribution is 0.0570. The Morgan fingerprint density at radius 2 is 2.00 bits per heavy atom. The second-order valence-corrected chi connectivity index (χ2v) is 7.48. The number of carbonyl (C=O) groups is 1. The molecule has 0 bridgehead atoms. The van der Waals surface area contributed by atoms with Crippen LogP contribution in [0.3, 0.4) is 0 Å². The molecule has 0 aromatic carbocycles. The number of methoxy groups -OCH3 is 1. The predicted molar refractivity (Wildman–Crippen MR) is 99.9 cm³/mol. The van der Waals surface area contributed by atoms with Gasteiger partial charge in [-0.25, -0.2) is 4.98 Å². The fourth-order valence-electron chi connectivity index (χ4n) is 4.04. The number of rotatable bonds is 5. The summed E-state index contributed by atoms with van der Waals surface area (Å²) in [7, 11) is 1.73. The first kappa shape index (κ1) is 18.2. The smallest absolute Gasteiger partial charge is 0.255 e. The van der Waals surface area contributed by atoms with Gasteiger partial charge in [0.25, 0.3) is 5.91 Å². The molecular formula is C20H31N3O2. The van der Waals surface area contributed by atoms with Crippen molar-refractivity contribution >= 4 is 11.7 Å². The summed E-state index contributed by atoms with van der Waals surface area (Å²) in [6, 6.07) is 4.39. The zero-order valence-corrected chi connectivity index (χ0v) is 15.4. The highest BCUT2D eigenvalue weighted by Gasteiger charge is 2.24. The summed E-state index contributed by atoms with van der Waals surface area (Å²) in [4.78, 5) is 19.2. The van der Waals surface area contributed by atoms with Crippen molar-refractivity contribution in [1.29, 1.82) is 0 Å². The summed E-state index contributed by atoms with van der Waals surface area (Å²) < 4.78 is 5.25. The van der Waals surface area contributed by atoms with Crippen molar-refractivity contribution in [2.45, 2.75) is 57.4 Å². The van der Waals surface area contributed by atoms with Crippen molar-refractivity contribution in [3.05, 3.63) is 23.9 Å². The third kappa shape index (κ3) is 5.18. The Kier molecular flexibility index (Phi) is 6.68. The van der Waals surface area contributed by atoms with E-state index >= 15 is 0 Å². The SMILES string of the molecule is COCC1CCCN(C(=O)c2ccc(NC3CCCCCC3)nc2)C1. The van der Waals surface area contributed by atoms with Crippen LogP contribution >= 0.6 is 0 Å². The molecule has 0 radical (unpaired) electrons. The van der Waals surface area contributed by atoms with Gasteiger partial charge < -0.3 is 15.0 Å². The average Bonchev–Trinajstić information content (AvgIpc) is 2.91. The molecule has 1 atom stereocenters. The van der Waals surface area contributed by atoms with Crippen LogP contribution < -0.4 is 5.32 Å². The van der Waals surface area contributed by atoms with E-state index in [1.807, 2.05) is 17.0 Å². The van der Waals surface area contributed by atoms with Crippen LogP contribution in [-0.4, -0.2) is 48.6 Å². The molecule has 1 aromatic rings. The molecule has 5 nitrogen and oxygen atoms in total. The van der Waals surface area contributed by atoms with Gasteiger partial charge in [0.05, 0.1) is 12.2 Å². The van der Waals surface area contributed by atoms with Crippen molar-refractivity contribution in [2.75, 3.05) is 32.1 Å². The first-order chi connectivity index (χ1) is 12.3. The molecule has 0 spiro atoms. The number of amides is 1. The van der Waals surface area contributed by atoms with E-state index in [1.165, 1.54) is 38.5 Å². The average molecular weight is 345 g/mol. The van der Waals surface area contributed by atoms with Crippen molar-refractivity contribution in [3.63, 3.8) is 0 Å². The summed E-state index contributed by atoms with van der Waals surface area (Å²) >= 11 is 0. The van der Waals surface area contributed by atoms with Crippen molar-refractivity contribution in [3.8, 4) is 0 Å². The topological polar surface area (TPSA) is 54.5 Å². The molecule has 1 saturated heterocycles. The van der Waals surface area contributed by atoms with Crippen molar-refractivity contribution in [2.24, 2.45) is 5.92 Å². The maximum atomic E-state index is 12.7. The van der Waals surface area contributed by atoms with Crippen LogP contribution in [0.5, 0.6) is 0 Å². The fraction of sp³-hybridized carbons (Fsp3) is 0.700. The lowest BCUT2D eigenvalue weighted by atomic mass is 9.98. The molecule has 25 heavy (non-hydrogen) atoms. The van der Waals surface area contributed by atoms with E-state index in [4.69, 9.17) is 4.74 Å². The third-order valence-electron chi connectivity index (χ3n) is 5.43. The minimum atomic E-state index is 0.0920. The molecule has 1 unspecified atom stereocenters.